The van der Waals surface area contributed by atoms with E-state index in [0.717, 1.165) is 28.7 Å². The molecule has 4 aliphatic heterocycles. The topological polar surface area (TPSA) is 433 Å². The van der Waals surface area contributed by atoms with Gasteiger partial charge in [0.15, 0.2) is 17.0 Å². The molecule has 3 aromatic heterocycles. The Hall–Kier alpha value is -8.56. The van der Waals surface area contributed by atoms with Gasteiger partial charge in [0.1, 0.15) is 53.8 Å². The summed E-state index contributed by atoms with van der Waals surface area (Å²) in [6.45, 7) is 20.5. The lowest BCUT2D eigenvalue weighted by Crippen LogP contribution is -2.61. The number of esters is 1. The smallest absolute Gasteiger partial charge is 0.407 e. The zero-order valence-electron chi connectivity index (χ0n) is 75.6. The number of methoxy groups -OCH3 is 3. The second-order valence-electron chi connectivity index (χ2n) is 34.1. The number of amides is 3. The van der Waals surface area contributed by atoms with Gasteiger partial charge in [-0.1, -0.05) is 89.3 Å². The molecular weight excluding hydrogens is 1640 g/mol. The number of oxazole rings is 1. The fourth-order valence-corrected chi connectivity index (χ4v) is 17.3. The molecule has 2 bridgehead atoms. The van der Waals surface area contributed by atoms with E-state index in [0.29, 0.717) is 222 Å². The molecule has 1 saturated carbocycles. The molecule has 702 valence electrons. The van der Waals surface area contributed by atoms with Gasteiger partial charge in [-0.15, -0.1) is 0 Å². The van der Waals surface area contributed by atoms with Crippen LogP contribution in [0.15, 0.2) is 94.7 Å². The maximum absolute atomic E-state index is 14.8. The van der Waals surface area contributed by atoms with E-state index in [-0.39, 0.29) is 74.4 Å². The molecule has 8 N–H and O–H groups in total. The SMILES string of the molecule is COC1C[C@@H]2CC[C@@H](C)[C@@](O)(O2)C(=O)C(=O)N2CCCC[C@H]2C(=O)O[C@H]([C@H](C)C[C@@H]2CC[C@@H](OC(=O)NCCOCCOCCOCCOCCOCCOCCOCCOCCC(=O)N3CCc4cc(Cn5nc(-c6ccc7oc(N)nc7c6)c6c(N)ncnc65)ccc4C3)[C@H](OC)C2)C[C@@H](O)[C@H](C)/C=C(/C)[C@@H](O)C(OC)C(=O)[C@H](C)C[C@H](C)\C=C/C=C\C=C/1C. The van der Waals surface area contributed by atoms with Gasteiger partial charge >= 0.3 is 12.1 Å². The van der Waals surface area contributed by atoms with E-state index in [1.165, 1.54) is 23.9 Å². The number of benzene rings is 2. The van der Waals surface area contributed by atoms with Crippen molar-refractivity contribution in [2.75, 3.05) is 158 Å². The van der Waals surface area contributed by atoms with Gasteiger partial charge < -0.3 is 113 Å². The summed E-state index contributed by atoms with van der Waals surface area (Å²) in [7, 11) is 4.52. The molecule has 0 spiro atoms. The van der Waals surface area contributed by atoms with E-state index >= 15 is 0 Å². The molecule has 0 radical (unpaired) electrons. The van der Waals surface area contributed by atoms with Crippen molar-refractivity contribution in [3.63, 3.8) is 0 Å². The highest BCUT2D eigenvalue weighted by Crippen LogP contribution is 2.40. The van der Waals surface area contributed by atoms with Crippen molar-refractivity contribution in [2.45, 2.75) is 212 Å². The van der Waals surface area contributed by atoms with E-state index in [9.17, 15) is 44.1 Å². The normalized spacial score (nSPS) is 27.6. The van der Waals surface area contributed by atoms with Crippen LogP contribution in [-0.4, -0.2) is 293 Å². The Kier molecular flexibility index (Phi) is 40.5. The second kappa shape index (κ2) is 51.1. The van der Waals surface area contributed by atoms with Crippen molar-refractivity contribution in [3.8, 4) is 11.3 Å². The highest BCUT2D eigenvalue weighted by Gasteiger charge is 2.53. The average molecular weight is 1780 g/mol. The van der Waals surface area contributed by atoms with E-state index in [1.807, 2.05) is 79.8 Å². The van der Waals surface area contributed by atoms with E-state index < -0.39 is 102 Å². The summed E-state index contributed by atoms with van der Waals surface area (Å²) in [5, 5.41) is 44.2. The van der Waals surface area contributed by atoms with Crippen LogP contribution in [0.25, 0.3) is 33.4 Å². The summed E-state index contributed by atoms with van der Waals surface area (Å²) in [5.41, 5.74) is 20.0. The molecular formula is C93H136N10O24. The van der Waals surface area contributed by atoms with Crippen LogP contribution in [0.3, 0.4) is 0 Å². The second-order valence-corrected chi connectivity index (χ2v) is 34.1. The predicted molar refractivity (Wildman–Crippen MR) is 471 cm³/mol. The fourth-order valence-electron chi connectivity index (χ4n) is 17.3. The van der Waals surface area contributed by atoms with Crippen LogP contribution in [0, 0.1) is 35.5 Å². The maximum atomic E-state index is 14.8. The lowest BCUT2D eigenvalue weighted by Gasteiger charge is -2.43. The first-order chi connectivity index (χ1) is 61.3. The largest absolute Gasteiger partial charge is 0.460 e. The number of nitrogen functional groups attached to an aromatic ring is 2. The number of rotatable bonds is 37. The Balaban J connectivity index is 0.552. The number of nitrogens with two attached hydrogens (primary N) is 2. The zero-order valence-corrected chi connectivity index (χ0v) is 75.6. The fraction of sp³-hybridized carbons (Fsp3) is 0.656. The van der Waals surface area contributed by atoms with Crippen LogP contribution in [0.1, 0.15) is 149 Å². The summed E-state index contributed by atoms with van der Waals surface area (Å²) < 4.78 is 88.5. The number of carbonyl (C=O) groups excluding carboxylic acids is 6. The molecule has 7 heterocycles. The van der Waals surface area contributed by atoms with Gasteiger partial charge in [0.05, 0.1) is 148 Å². The van der Waals surface area contributed by atoms with E-state index in [4.69, 9.17) is 87.3 Å². The number of fused-ring (bicyclic) bond motifs is 6. The molecule has 3 fully saturated rings. The van der Waals surface area contributed by atoms with Crippen molar-refractivity contribution >= 4 is 69.4 Å². The molecule has 2 aromatic carbocycles. The molecule has 127 heavy (non-hydrogen) atoms. The number of nitrogens with zero attached hydrogens (tertiary/aromatic N) is 7. The van der Waals surface area contributed by atoms with Gasteiger partial charge in [0.25, 0.3) is 17.7 Å². The number of hydrogen-bond donors (Lipinski definition) is 6. The molecule has 10 rings (SSSR count). The molecule has 16 atom stereocenters. The van der Waals surface area contributed by atoms with Gasteiger partial charge in [0, 0.05) is 83.7 Å². The lowest BCUT2D eigenvalue weighted by molar-refractivity contribution is -0.265. The number of aliphatic hydroxyl groups excluding tert-OH is 2. The van der Waals surface area contributed by atoms with Crippen molar-refractivity contribution in [2.24, 2.45) is 35.5 Å². The highest BCUT2D eigenvalue weighted by atomic mass is 16.6. The summed E-state index contributed by atoms with van der Waals surface area (Å²) >= 11 is 0. The number of ether oxygens (including phenoxy) is 14. The Morgan fingerprint density at radius 2 is 1.38 bits per heavy atom. The monoisotopic (exact) mass is 1780 g/mol. The van der Waals surface area contributed by atoms with Gasteiger partial charge in [-0.2, -0.15) is 10.1 Å². The van der Waals surface area contributed by atoms with Crippen molar-refractivity contribution in [3.05, 3.63) is 107 Å². The van der Waals surface area contributed by atoms with Crippen molar-refractivity contribution < 1.29 is 115 Å². The quantitative estimate of drug-likeness (QED) is 0.00934. The summed E-state index contributed by atoms with van der Waals surface area (Å²) in [6.07, 6.45) is 11.4. The van der Waals surface area contributed by atoms with Crippen molar-refractivity contribution in [1.82, 2.24) is 39.8 Å². The van der Waals surface area contributed by atoms with Gasteiger partial charge in [-0.25, -0.2) is 24.2 Å². The third kappa shape index (κ3) is 29.5. The Morgan fingerprint density at radius 1 is 0.701 bits per heavy atom. The van der Waals surface area contributed by atoms with Gasteiger partial charge in [0.2, 0.25) is 11.7 Å². The molecule has 2 unspecified atom stereocenters. The van der Waals surface area contributed by atoms with Crippen LogP contribution in [-0.2, 0) is 110 Å². The van der Waals surface area contributed by atoms with Crippen LogP contribution in [0.4, 0.5) is 16.6 Å². The predicted octanol–water partition coefficient (Wildman–Crippen LogP) is 8.97. The molecule has 1 aliphatic carbocycles. The number of Topliss-reactive ketones (excluding diaryl/α,β-unsaturated/α-hetero) is 2. The Morgan fingerprint density at radius 3 is 2.05 bits per heavy atom. The standard InChI is InChI=1S/C93H136N10O24/c1-59-16-12-11-13-17-60(2)77(113-8)54-71-24-19-65(7)93(112,127-71)86(108)89(109)102-30-15-14-18-73(102)90(110)124-78(55-74(104)61(3)49-64(6)84(107)85(115-10)83(106)63(5)48-59)62(4)50-66-21-25-76(79(52-66)114-9)126-92(111)96-29-33-117-35-37-119-39-41-121-43-45-123-47-46-122-44-42-120-40-38-118-36-34-116-32-28-80(105)101-31-27-68-51-67(20-22-70(68)57-101)56-103-88-81(87(94)97-58-98-88)82(100-103)69-23-26-75-72(53-69)99-91(95)125-75/h11-13,16-17,20,22-23,26,49,51,53,58-59,61-63,65-66,71,73-74,76-79,84-85,104,107,112H,14-15,18-19,21,24-25,27-48,50,52,54-57H2,1-10H3,(H2,95,99)(H,96,111)(H2,94,97,98)/b13-11-,16-12-,60-17-,64-49-/t59-,61-,62-,63-,65-,66+,71+,73+,74-,76-,77?,78+,79-,84-,85?,93-/m1/s1. The number of cyclic esters (lactones) is 1. The van der Waals surface area contributed by atoms with Crippen LogP contribution >= 0.6 is 0 Å². The van der Waals surface area contributed by atoms with E-state index in [1.54, 1.807) is 47.1 Å². The molecule has 5 aliphatic rings. The number of ketones is 2. The number of alkyl carbamates (subject to hydrolysis) is 1. The third-order valence-corrected chi connectivity index (χ3v) is 24.7. The first-order valence-electron chi connectivity index (χ1n) is 45.0. The maximum Gasteiger partial charge on any atom is 0.407 e. The van der Waals surface area contributed by atoms with Crippen LogP contribution in [0.2, 0.25) is 0 Å². The number of allylic oxidation sites excluding steroid dienone is 5. The number of aromatic nitrogens is 5. The first-order valence-corrected chi connectivity index (χ1v) is 45.0. The molecule has 34 nitrogen and oxygen atoms in total. The first kappa shape index (κ1) is 101. The number of piperidine rings is 1. The summed E-state index contributed by atoms with van der Waals surface area (Å²) in [4.78, 5) is 100. The Labute approximate surface area is 744 Å². The number of nitrogens with one attached hydrogen (secondary N) is 1. The number of carbonyl (C=O) groups is 6. The number of hydrogen-bond acceptors (Lipinski definition) is 30. The number of anilines is 2. The van der Waals surface area contributed by atoms with Gasteiger partial charge in [-0.05, 0) is 148 Å². The Bertz CT molecular complexity index is 4460. The van der Waals surface area contributed by atoms with Crippen LogP contribution in [0.5, 0.6) is 0 Å². The minimum absolute atomic E-state index is 0.00472. The minimum atomic E-state index is -2.47. The minimum Gasteiger partial charge on any atom is -0.460 e. The van der Waals surface area contributed by atoms with Crippen molar-refractivity contribution in [1.29, 1.82) is 0 Å². The lowest BCUT2D eigenvalue weighted by atomic mass is 9.78. The highest BCUT2D eigenvalue weighted by molar-refractivity contribution is 6.39. The van der Waals surface area contributed by atoms with Crippen LogP contribution < -0.4 is 16.8 Å². The molecule has 2 saturated heterocycles. The summed E-state index contributed by atoms with van der Waals surface area (Å²) in [5.74, 6) is -7.56. The third-order valence-electron chi connectivity index (χ3n) is 24.7. The zero-order chi connectivity index (χ0) is 90.9. The molecule has 3 amide bonds. The average Bonchev–Trinajstić information content (AvgIpc) is 1.71. The van der Waals surface area contributed by atoms with Gasteiger partial charge in [-0.3, -0.25) is 19.2 Å². The van der Waals surface area contributed by atoms with E-state index in [2.05, 4.69) is 38.5 Å². The number of aliphatic hydroxyl groups is 3. The summed E-state index contributed by atoms with van der Waals surface area (Å²) in [6, 6.07) is 10.7. The molecule has 5 aromatic rings. The molecule has 34 heteroatoms.